The quantitative estimate of drug-likeness (QED) is 0.801. The number of carbonyl (C=O) groups excluding carboxylic acids is 2. The van der Waals surface area contributed by atoms with Crippen molar-refractivity contribution in [2.75, 3.05) is 26.2 Å². The molecule has 134 valence electrons. The summed E-state index contributed by atoms with van der Waals surface area (Å²) in [6.45, 7) is 2.81. The van der Waals surface area contributed by atoms with E-state index in [4.69, 9.17) is 5.73 Å². The number of likely N-dealkylation sites (tertiary alicyclic amines) is 1. The van der Waals surface area contributed by atoms with Gasteiger partial charge in [0.15, 0.2) is 0 Å². The second-order valence-electron chi connectivity index (χ2n) is 9.17. The standard InChI is InChI=1S/C19H31N3O2/c20-18(24)16-2-1-3-22(10-16)11-17(23)21-12-19-7-13-4-14(8-19)6-15(5-13)9-19/h13-16H,1-12H2,(H2,20,24)(H,21,23)/t13?,14?,15?,16-,19?/m0/s1. The number of rotatable bonds is 5. The fourth-order valence-electron chi connectivity index (χ4n) is 6.48. The molecule has 1 saturated heterocycles. The van der Waals surface area contributed by atoms with Gasteiger partial charge in [0.1, 0.15) is 0 Å². The Morgan fingerprint density at radius 3 is 2.29 bits per heavy atom. The van der Waals surface area contributed by atoms with Gasteiger partial charge >= 0.3 is 0 Å². The van der Waals surface area contributed by atoms with E-state index in [-0.39, 0.29) is 17.7 Å². The van der Waals surface area contributed by atoms with Crippen molar-refractivity contribution in [2.45, 2.75) is 51.4 Å². The van der Waals surface area contributed by atoms with Crippen LogP contribution >= 0.6 is 0 Å². The van der Waals surface area contributed by atoms with Crippen LogP contribution in [0.1, 0.15) is 51.4 Å². The van der Waals surface area contributed by atoms with Gasteiger partial charge in [-0.2, -0.15) is 0 Å². The summed E-state index contributed by atoms with van der Waals surface area (Å²) in [5.74, 6) is 2.57. The summed E-state index contributed by atoms with van der Waals surface area (Å²) in [5, 5.41) is 3.23. The Morgan fingerprint density at radius 1 is 1.08 bits per heavy atom. The molecule has 4 saturated carbocycles. The molecular weight excluding hydrogens is 302 g/mol. The molecule has 5 nitrogen and oxygen atoms in total. The van der Waals surface area contributed by atoms with Crippen LogP contribution in [0.4, 0.5) is 0 Å². The number of carbonyl (C=O) groups is 2. The first-order valence-corrected chi connectivity index (χ1v) is 9.80. The van der Waals surface area contributed by atoms with E-state index in [1.54, 1.807) is 0 Å². The van der Waals surface area contributed by atoms with E-state index in [0.717, 1.165) is 43.7 Å². The number of nitrogens with one attached hydrogen (secondary N) is 1. The van der Waals surface area contributed by atoms with Crippen molar-refractivity contribution in [1.29, 1.82) is 0 Å². The molecule has 4 aliphatic carbocycles. The molecule has 5 aliphatic rings. The van der Waals surface area contributed by atoms with Crippen LogP contribution < -0.4 is 11.1 Å². The van der Waals surface area contributed by atoms with Gasteiger partial charge < -0.3 is 11.1 Å². The van der Waals surface area contributed by atoms with Gasteiger partial charge in [0.05, 0.1) is 12.5 Å². The van der Waals surface area contributed by atoms with Crippen LogP contribution in [0.5, 0.6) is 0 Å². The molecule has 0 aromatic rings. The van der Waals surface area contributed by atoms with Crippen molar-refractivity contribution in [2.24, 2.45) is 34.8 Å². The molecule has 0 aromatic carbocycles. The molecule has 1 heterocycles. The third-order valence-electron chi connectivity index (χ3n) is 7.10. The minimum Gasteiger partial charge on any atom is -0.369 e. The SMILES string of the molecule is NC(=O)[C@H]1CCCN(CC(=O)NCC23CC4CC(CC(C4)C2)C3)C1. The highest BCUT2D eigenvalue weighted by atomic mass is 16.2. The van der Waals surface area contributed by atoms with Gasteiger partial charge in [-0.1, -0.05) is 0 Å². The van der Waals surface area contributed by atoms with Crippen molar-refractivity contribution >= 4 is 11.8 Å². The van der Waals surface area contributed by atoms with Crippen molar-refractivity contribution < 1.29 is 9.59 Å². The summed E-state index contributed by atoms with van der Waals surface area (Å²) in [6.07, 6.45) is 10.1. The molecule has 2 amide bonds. The second-order valence-corrected chi connectivity index (χ2v) is 9.17. The monoisotopic (exact) mass is 333 g/mol. The zero-order chi connectivity index (χ0) is 16.7. The number of nitrogens with two attached hydrogens (primary N) is 1. The third kappa shape index (κ3) is 3.32. The zero-order valence-corrected chi connectivity index (χ0v) is 14.6. The number of amides is 2. The van der Waals surface area contributed by atoms with Gasteiger partial charge in [-0.15, -0.1) is 0 Å². The summed E-state index contributed by atoms with van der Waals surface area (Å²) in [7, 11) is 0. The smallest absolute Gasteiger partial charge is 0.234 e. The van der Waals surface area contributed by atoms with Crippen molar-refractivity contribution in [3.8, 4) is 0 Å². The molecular formula is C19H31N3O2. The molecule has 0 radical (unpaired) electrons. The Hall–Kier alpha value is -1.10. The van der Waals surface area contributed by atoms with E-state index in [1.165, 1.54) is 38.5 Å². The largest absolute Gasteiger partial charge is 0.369 e. The molecule has 3 N–H and O–H groups in total. The maximum absolute atomic E-state index is 12.4. The van der Waals surface area contributed by atoms with Crippen LogP contribution in [-0.2, 0) is 9.59 Å². The Balaban J connectivity index is 1.27. The third-order valence-corrected chi connectivity index (χ3v) is 7.10. The first-order valence-electron chi connectivity index (χ1n) is 9.80. The average molecular weight is 333 g/mol. The van der Waals surface area contributed by atoms with Crippen LogP contribution in [0.25, 0.3) is 0 Å². The Labute approximate surface area is 144 Å². The van der Waals surface area contributed by atoms with Crippen LogP contribution in [0.2, 0.25) is 0 Å². The van der Waals surface area contributed by atoms with Crippen LogP contribution in [0, 0.1) is 29.1 Å². The highest BCUT2D eigenvalue weighted by molar-refractivity contribution is 5.79. The van der Waals surface area contributed by atoms with E-state index in [1.807, 2.05) is 0 Å². The highest BCUT2D eigenvalue weighted by Crippen LogP contribution is 2.59. The molecule has 5 heteroatoms. The Bertz CT molecular complexity index is 483. The molecule has 1 aliphatic heterocycles. The van der Waals surface area contributed by atoms with Crippen LogP contribution in [-0.4, -0.2) is 42.9 Å². The Morgan fingerprint density at radius 2 is 1.71 bits per heavy atom. The normalized spacial score (nSPS) is 41.3. The fourth-order valence-corrected chi connectivity index (χ4v) is 6.48. The fraction of sp³-hybridized carbons (Fsp3) is 0.895. The van der Waals surface area contributed by atoms with Gasteiger partial charge in [-0.3, -0.25) is 14.5 Å². The van der Waals surface area contributed by atoms with E-state index in [2.05, 4.69) is 10.2 Å². The zero-order valence-electron chi connectivity index (χ0n) is 14.6. The molecule has 24 heavy (non-hydrogen) atoms. The lowest BCUT2D eigenvalue weighted by atomic mass is 9.49. The molecule has 5 fully saturated rings. The first-order chi connectivity index (χ1) is 11.5. The van der Waals surface area contributed by atoms with Gasteiger partial charge in [0.25, 0.3) is 0 Å². The molecule has 1 atom stereocenters. The molecule has 0 spiro atoms. The van der Waals surface area contributed by atoms with Crippen LogP contribution in [0.3, 0.4) is 0 Å². The summed E-state index contributed by atoms with van der Waals surface area (Å²) < 4.78 is 0. The number of hydrogen-bond donors (Lipinski definition) is 2. The molecule has 4 bridgehead atoms. The van der Waals surface area contributed by atoms with Gasteiger partial charge in [-0.05, 0) is 81.1 Å². The lowest BCUT2D eigenvalue weighted by molar-refractivity contribution is -0.127. The maximum Gasteiger partial charge on any atom is 0.234 e. The average Bonchev–Trinajstić information content (AvgIpc) is 2.52. The van der Waals surface area contributed by atoms with E-state index in [0.29, 0.717) is 18.5 Å². The minimum absolute atomic E-state index is 0.0882. The summed E-state index contributed by atoms with van der Waals surface area (Å²) in [4.78, 5) is 25.9. The maximum atomic E-state index is 12.4. The van der Waals surface area contributed by atoms with Crippen LogP contribution in [0.15, 0.2) is 0 Å². The first kappa shape index (κ1) is 16.4. The number of piperidine rings is 1. The van der Waals surface area contributed by atoms with Gasteiger partial charge in [0, 0.05) is 13.1 Å². The topological polar surface area (TPSA) is 75.4 Å². The summed E-state index contributed by atoms with van der Waals surface area (Å²) in [5.41, 5.74) is 5.81. The lowest BCUT2D eigenvalue weighted by Gasteiger charge is -2.57. The lowest BCUT2D eigenvalue weighted by Crippen LogP contribution is -2.52. The minimum atomic E-state index is -0.228. The van der Waals surface area contributed by atoms with Crippen molar-refractivity contribution in [3.05, 3.63) is 0 Å². The van der Waals surface area contributed by atoms with Gasteiger partial charge in [-0.25, -0.2) is 0 Å². The number of nitrogens with zero attached hydrogens (tertiary/aromatic N) is 1. The van der Waals surface area contributed by atoms with Gasteiger partial charge in [0.2, 0.25) is 11.8 Å². The number of hydrogen-bond acceptors (Lipinski definition) is 3. The van der Waals surface area contributed by atoms with E-state index < -0.39 is 0 Å². The van der Waals surface area contributed by atoms with E-state index in [9.17, 15) is 9.59 Å². The predicted octanol–water partition coefficient (Wildman–Crippen LogP) is 1.52. The predicted molar refractivity (Wildman–Crippen MR) is 92.0 cm³/mol. The van der Waals surface area contributed by atoms with E-state index >= 15 is 0 Å². The Kier molecular flexibility index (Phi) is 4.31. The van der Waals surface area contributed by atoms with Crippen molar-refractivity contribution in [3.63, 3.8) is 0 Å². The summed E-state index contributed by atoms with van der Waals surface area (Å²) >= 11 is 0. The summed E-state index contributed by atoms with van der Waals surface area (Å²) in [6, 6.07) is 0. The molecule has 0 aromatic heterocycles. The molecule has 5 rings (SSSR count). The second kappa shape index (κ2) is 6.32. The number of primary amides is 1. The molecule has 0 unspecified atom stereocenters. The highest BCUT2D eigenvalue weighted by Gasteiger charge is 2.50. The van der Waals surface area contributed by atoms with Crippen molar-refractivity contribution in [1.82, 2.24) is 10.2 Å².